The van der Waals surface area contributed by atoms with Crippen molar-refractivity contribution in [2.45, 2.75) is 61.7 Å². The number of amides is 1. The summed E-state index contributed by atoms with van der Waals surface area (Å²) in [5.74, 6) is 1.72. The van der Waals surface area contributed by atoms with Crippen LogP contribution in [0.2, 0.25) is 0 Å². The molecule has 124 valence electrons. The number of hydrogen-bond acceptors (Lipinski definition) is 3. The summed E-state index contributed by atoms with van der Waals surface area (Å²) in [4.78, 5) is 13.1. The predicted molar refractivity (Wildman–Crippen MR) is 88.6 cm³/mol. The molecule has 6 heteroatoms. The molecular formula is C16H24BrNO3S. The lowest BCUT2D eigenvalue weighted by molar-refractivity contribution is -0.145. The van der Waals surface area contributed by atoms with E-state index in [9.17, 15) is 13.2 Å². The highest BCUT2D eigenvalue weighted by atomic mass is 79.9. The maximum absolute atomic E-state index is 13.1. The Labute approximate surface area is 140 Å². The van der Waals surface area contributed by atoms with E-state index >= 15 is 0 Å². The highest BCUT2D eigenvalue weighted by Gasteiger charge is 2.60. The molecular weight excluding hydrogens is 366 g/mol. The first-order valence-electron chi connectivity index (χ1n) is 8.33. The van der Waals surface area contributed by atoms with E-state index in [2.05, 4.69) is 21.2 Å². The van der Waals surface area contributed by atoms with E-state index in [-0.39, 0.29) is 27.2 Å². The number of carbonyl (C=O) groups is 1. The molecule has 4 bridgehead atoms. The van der Waals surface area contributed by atoms with Crippen molar-refractivity contribution >= 4 is 31.7 Å². The highest BCUT2D eigenvalue weighted by molar-refractivity contribution is 9.10. The minimum atomic E-state index is -2.99. The highest BCUT2D eigenvalue weighted by Crippen LogP contribution is 2.64. The van der Waals surface area contributed by atoms with Crippen LogP contribution in [-0.4, -0.2) is 35.7 Å². The molecule has 0 spiro atoms. The van der Waals surface area contributed by atoms with Crippen LogP contribution in [0.5, 0.6) is 0 Å². The number of alkyl halides is 1. The molecule has 0 aromatic rings. The van der Waals surface area contributed by atoms with Gasteiger partial charge in [-0.1, -0.05) is 15.9 Å². The largest absolute Gasteiger partial charge is 0.349 e. The SMILES string of the molecule is C[C@]1(NC(=O)C23C[C@H]4C[C@@H](CC(Br)(C4)C2)C3)CCS(=O)(=O)C1. The van der Waals surface area contributed by atoms with Crippen molar-refractivity contribution in [1.29, 1.82) is 0 Å². The Balaban J connectivity index is 1.56. The molecule has 1 aliphatic heterocycles. The van der Waals surface area contributed by atoms with Crippen molar-refractivity contribution in [2.75, 3.05) is 11.5 Å². The molecule has 0 radical (unpaired) electrons. The third kappa shape index (κ3) is 2.45. The van der Waals surface area contributed by atoms with Gasteiger partial charge in [0.25, 0.3) is 0 Å². The summed E-state index contributed by atoms with van der Waals surface area (Å²) in [6.45, 7) is 1.89. The normalized spacial score (nSPS) is 51.9. The first-order valence-corrected chi connectivity index (χ1v) is 10.9. The van der Waals surface area contributed by atoms with Crippen molar-refractivity contribution in [1.82, 2.24) is 5.32 Å². The van der Waals surface area contributed by atoms with Crippen molar-refractivity contribution in [2.24, 2.45) is 17.3 Å². The van der Waals surface area contributed by atoms with Gasteiger partial charge in [0.15, 0.2) is 9.84 Å². The summed E-state index contributed by atoms with van der Waals surface area (Å²) in [6.07, 6.45) is 7.12. The summed E-state index contributed by atoms with van der Waals surface area (Å²) in [5.41, 5.74) is -0.832. The number of hydrogen-bond donors (Lipinski definition) is 1. The predicted octanol–water partition coefficient (Wildman–Crippen LogP) is 2.41. The molecule has 1 N–H and O–H groups in total. The Morgan fingerprint density at radius 1 is 1.18 bits per heavy atom. The minimum Gasteiger partial charge on any atom is -0.349 e. The van der Waals surface area contributed by atoms with Crippen LogP contribution in [0.3, 0.4) is 0 Å². The van der Waals surface area contributed by atoms with E-state index < -0.39 is 15.4 Å². The maximum Gasteiger partial charge on any atom is 0.226 e. The van der Waals surface area contributed by atoms with E-state index in [4.69, 9.17) is 0 Å². The molecule has 1 heterocycles. The maximum atomic E-state index is 13.1. The summed E-state index contributed by atoms with van der Waals surface area (Å²) in [6, 6.07) is 0. The third-order valence-corrected chi connectivity index (χ3v) is 9.22. The number of carbonyl (C=O) groups excluding carboxylic acids is 1. The van der Waals surface area contributed by atoms with E-state index in [1.54, 1.807) is 0 Å². The van der Waals surface area contributed by atoms with Crippen molar-refractivity contribution < 1.29 is 13.2 Å². The molecule has 1 amide bonds. The lowest BCUT2D eigenvalue weighted by Crippen LogP contribution is -2.61. The summed E-state index contributed by atoms with van der Waals surface area (Å²) < 4.78 is 23.7. The molecule has 5 fully saturated rings. The zero-order valence-electron chi connectivity index (χ0n) is 13.0. The number of nitrogens with one attached hydrogen (secondary N) is 1. The number of sulfone groups is 1. The Bertz CT molecular complexity index is 617. The van der Waals surface area contributed by atoms with Crippen LogP contribution in [-0.2, 0) is 14.6 Å². The van der Waals surface area contributed by atoms with Crippen LogP contribution in [0.1, 0.15) is 51.9 Å². The standard InChI is InChI=1S/C16H24BrNO3S/c1-14(2-3-22(20,21)10-14)18-13(19)15-5-11-4-12(6-15)8-16(17,7-11)9-15/h11-12H,2-10H2,1H3,(H,18,19)/t11-,12-,14+,15?,16?/m1/s1. The fourth-order valence-corrected chi connectivity index (χ4v) is 9.48. The Hall–Kier alpha value is -0.100. The summed E-state index contributed by atoms with van der Waals surface area (Å²) in [5, 5.41) is 3.15. The van der Waals surface area contributed by atoms with Gasteiger partial charge in [-0.15, -0.1) is 0 Å². The second-order valence-corrected chi connectivity index (χ2v) is 12.6. The van der Waals surface area contributed by atoms with Crippen LogP contribution in [0, 0.1) is 17.3 Å². The lowest BCUT2D eigenvalue weighted by Gasteiger charge is -2.59. The summed E-state index contributed by atoms with van der Waals surface area (Å²) >= 11 is 3.93. The molecule has 0 aromatic carbocycles. The van der Waals surface area contributed by atoms with Crippen LogP contribution >= 0.6 is 15.9 Å². The van der Waals surface area contributed by atoms with Gasteiger partial charge in [0.05, 0.1) is 22.5 Å². The van der Waals surface area contributed by atoms with Crippen LogP contribution in [0.4, 0.5) is 0 Å². The van der Waals surface area contributed by atoms with Crippen LogP contribution in [0.25, 0.3) is 0 Å². The molecule has 1 saturated heterocycles. The third-order valence-electron chi connectivity index (χ3n) is 6.39. The summed E-state index contributed by atoms with van der Waals surface area (Å²) in [7, 11) is -2.99. The van der Waals surface area contributed by atoms with Gasteiger partial charge in [0.1, 0.15) is 0 Å². The first-order chi connectivity index (χ1) is 10.1. The van der Waals surface area contributed by atoms with Gasteiger partial charge in [0.2, 0.25) is 5.91 Å². The number of rotatable bonds is 2. The molecule has 4 nitrogen and oxygen atoms in total. The van der Waals surface area contributed by atoms with Gasteiger partial charge in [-0.3, -0.25) is 4.79 Å². The van der Waals surface area contributed by atoms with Gasteiger partial charge in [-0.25, -0.2) is 8.42 Å². The molecule has 4 saturated carbocycles. The Kier molecular flexibility index (Phi) is 3.15. The van der Waals surface area contributed by atoms with Crippen molar-refractivity contribution in [3.8, 4) is 0 Å². The number of halogens is 1. The average molecular weight is 390 g/mol. The van der Waals surface area contributed by atoms with Crippen LogP contribution < -0.4 is 5.32 Å². The molecule has 5 rings (SSSR count). The van der Waals surface area contributed by atoms with Gasteiger partial charge in [0, 0.05) is 4.32 Å². The second-order valence-electron chi connectivity index (χ2n) is 8.75. The quantitative estimate of drug-likeness (QED) is 0.737. The van der Waals surface area contributed by atoms with E-state index in [0.29, 0.717) is 18.3 Å². The second kappa shape index (κ2) is 4.50. The van der Waals surface area contributed by atoms with Crippen molar-refractivity contribution in [3.63, 3.8) is 0 Å². The topological polar surface area (TPSA) is 63.2 Å². The fraction of sp³-hybridized carbons (Fsp3) is 0.938. The van der Waals surface area contributed by atoms with Crippen molar-refractivity contribution in [3.05, 3.63) is 0 Å². The molecule has 4 aliphatic carbocycles. The van der Waals surface area contributed by atoms with Gasteiger partial charge < -0.3 is 5.32 Å². The monoisotopic (exact) mass is 389 g/mol. The van der Waals surface area contributed by atoms with Crippen LogP contribution in [0.15, 0.2) is 0 Å². The molecule has 22 heavy (non-hydrogen) atoms. The van der Waals surface area contributed by atoms with Gasteiger partial charge >= 0.3 is 0 Å². The van der Waals surface area contributed by atoms with E-state index in [1.807, 2.05) is 6.92 Å². The Morgan fingerprint density at radius 2 is 1.82 bits per heavy atom. The smallest absolute Gasteiger partial charge is 0.226 e. The molecule has 5 aliphatic rings. The lowest BCUT2D eigenvalue weighted by atomic mass is 9.49. The van der Waals surface area contributed by atoms with Gasteiger partial charge in [-0.2, -0.15) is 0 Å². The average Bonchev–Trinajstić information content (AvgIpc) is 2.60. The first kappa shape index (κ1) is 15.4. The molecule has 0 aromatic heterocycles. The molecule has 0 unspecified atom stereocenters. The Morgan fingerprint density at radius 3 is 2.32 bits per heavy atom. The zero-order valence-corrected chi connectivity index (χ0v) is 15.4. The van der Waals surface area contributed by atoms with E-state index in [1.165, 1.54) is 19.3 Å². The van der Waals surface area contributed by atoms with Gasteiger partial charge in [-0.05, 0) is 63.7 Å². The minimum absolute atomic E-state index is 0.0914. The zero-order chi connectivity index (χ0) is 15.8. The van der Waals surface area contributed by atoms with E-state index in [0.717, 1.165) is 19.3 Å². The molecule has 3 atom stereocenters. The fourth-order valence-electron chi connectivity index (χ4n) is 5.93.